The van der Waals surface area contributed by atoms with Crippen LogP contribution in [0.2, 0.25) is 5.54 Å². The molecule has 0 aromatic carbocycles. The van der Waals surface area contributed by atoms with Gasteiger partial charge in [-0.25, -0.2) is 0 Å². The topological polar surface area (TPSA) is 27.7 Å². The second-order valence-corrected chi connectivity index (χ2v) is 5.23. The molecule has 0 aromatic heterocycles. The van der Waals surface area contributed by atoms with E-state index in [1.807, 2.05) is 12.2 Å². The van der Waals surface area contributed by atoms with Crippen LogP contribution in [-0.2, 0) is 13.3 Å². The first-order valence-electron chi connectivity index (χ1n) is 3.13. The van der Waals surface area contributed by atoms with E-state index >= 15 is 0 Å². The van der Waals surface area contributed by atoms with Crippen LogP contribution in [0.1, 0.15) is 0 Å². The molecule has 10 heavy (non-hydrogen) atoms. The molecule has 1 rings (SSSR count). The summed E-state index contributed by atoms with van der Waals surface area (Å²) in [4.78, 5) is 0. The van der Waals surface area contributed by atoms with Crippen molar-refractivity contribution < 1.29 is 13.3 Å². The van der Waals surface area contributed by atoms with E-state index in [4.69, 9.17) is 13.3 Å². The van der Waals surface area contributed by atoms with Crippen molar-refractivity contribution in [1.82, 2.24) is 0 Å². The first-order valence-corrected chi connectivity index (χ1v) is 4.93. The minimum atomic E-state index is -2.29. The fraction of sp³-hybridized carbons (Fsp3) is 0.667. The van der Waals surface area contributed by atoms with Crippen molar-refractivity contribution in [3.63, 3.8) is 0 Å². The molecule has 3 nitrogen and oxygen atoms in total. The summed E-state index contributed by atoms with van der Waals surface area (Å²) in [6.07, 6.45) is 4.06. The van der Waals surface area contributed by atoms with Crippen molar-refractivity contribution in [1.29, 1.82) is 0 Å². The second kappa shape index (κ2) is 2.83. The van der Waals surface area contributed by atoms with E-state index in [9.17, 15) is 0 Å². The van der Waals surface area contributed by atoms with E-state index in [1.54, 1.807) is 21.3 Å². The zero-order chi connectivity index (χ0) is 7.61. The van der Waals surface area contributed by atoms with Crippen molar-refractivity contribution in [2.45, 2.75) is 5.54 Å². The second-order valence-electron chi connectivity index (χ2n) is 2.13. The summed E-state index contributed by atoms with van der Waals surface area (Å²) in [6, 6.07) is 0. The normalized spacial score (nSPS) is 17.9. The maximum atomic E-state index is 5.19. The maximum absolute atomic E-state index is 5.19. The molecule has 0 saturated heterocycles. The molecule has 1 aliphatic carbocycles. The van der Waals surface area contributed by atoms with Crippen LogP contribution in [0.4, 0.5) is 0 Å². The lowest BCUT2D eigenvalue weighted by molar-refractivity contribution is 0.124. The van der Waals surface area contributed by atoms with E-state index in [2.05, 4.69) is 0 Å². The highest BCUT2D eigenvalue weighted by Gasteiger charge is 2.49. The highest BCUT2D eigenvalue weighted by atomic mass is 28.4. The highest BCUT2D eigenvalue weighted by Crippen LogP contribution is 2.36. The Hall–Kier alpha value is -0.163. The Kier molecular flexibility index (Phi) is 2.25. The summed E-state index contributed by atoms with van der Waals surface area (Å²) in [7, 11) is 2.58. The third-order valence-corrected chi connectivity index (χ3v) is 4.56. The van der Waals surface area contributed by atoms with Crippen molar-refractivity contribution >= 4 is 8.80 Å². The van der Waals surface area contributed by atoms with Crippen molar-refractivity contribution in [3.05, 3.63) is 12.2 Å². The lowest BCUT2D eigenvalue weighted by Gasteiger charge is -2.23. The third kappa shape index (κ3) is 1.15. The molecule has 1 aliphatic rings. The Morgan fingerprint density at radius 3 is 1.50 bits per heavy atom. The summed E-state index contributed by atoms with van der Waals surface area (Å²) in [5, 5.41) is 0. The maximum Gasteiger partial charge on any atom is 0.511 e. The number of hydrogen-bond acceptors (Lipinski definition) is 3. The van der Waals surface area contributed by atoms with E-state index in [0.29, 0.717) is 5.54 Å². The number of allylic oxidation sites excluding steroid dienone is 2. The van der Waals surface area contributed by atoms with Crippen LogP contribution >= 0.6 is 0 Å². The largest absolute Gasteiger partial charge is 0.511 e. The van der Waals surface area contributed by atoms with Crippen LogP contribution in [0.3, 0.4) is 0 Å². The molecule has 0 fully saturated rings. The highest BCUT2D eigenvalue weighted by molar-refractivity contribution is 6.64. The molecule has 0 unspecified atom stereocenters. The molecule has 0 aliphatic heterocycles. The van der Waals surface area contributed by atoms with E-state index in [1.165, 1.54) is 0 Å². The van der Waals surface area contributed by atoms with Crippen molar-refractivity contribution in [2.24, 2.45) is 0 Å². The van der Waals surface area contributed by atoms with Gasteiger partial charge in [-0.15, -0.1) is 0 Å². The summed E-state index contributed by atoms with van der Waals surface area (Å²) in [6.45, 7) is 0. The number of hydrogen-bond donors (Lipinski definition) is 0. The first kappa shape index (κ1) is 7.94. The van der Waals surface area contributed by atoms with Gasteiger partial charge in [0.2, 0.25) is 0 Å². The van der Waals surface area contributed by atoms with Gasteiger partial charge < -0.3 is 13.3 Å². The van der Waals surface area contributed by atoms with Gasteiger partial charge >= 0.3 is 8.80 Å². The van der Waals surface area contributed by atoms with E-state index in [-0.39, 0.29) is 0 Å². The molecule has 0 bridgehead atoms. The van der Waals surface area contributed by atoms with Gasteiger partial charge in [0.15, 0.2) is 0 Å². The summed E-state index contributed by atoms with van der Waals surface area (Å²) in [5.74, 6) is 0. The summed E-state index contributed by atoms with van der Waals surface area (Å²) in [5.41, 5.74) is 0.312. The van der Waals surface area contributed by atoms with Gasteiger partial charge in [-0.05, 0) is 0 Å². The summed E-state index contributed by atoms with van der Waals surface area (Å²) < 4.78 is 15.6. The number of rotatable bonds is 4. The van der Waals surface area contributed by atoms with Crippen LogP contribution in [-0.4, -0.2) is 30.1 Å². The SMILES string of the molecule is CO[Si](OC)(OC)C1C=C1. The lowest BCUT2D eigenvalue weighted by atomic mass is 10.9. The smallest absolute Gasteiger partial charge is 0.376 e. The molecule has 0 atom stereocenters. The van der Waals surface area contributed by atoms with Crippen molar-refractivity contribution in [3.8, 4) is 0 Å². The molecule has 4 heteroatoms. The van der Waals surface area contributed by atoms with Gasteiger partial charge in [0, 0.05) is 21.3 Å². The lowest BCUT2D eigenvalue weighted by Crippen LogP contribution is -2.43. The first-order chi connectivity index (χ1) is 4.79. The molecule has 0 aromatic rings. The zero-order valence-corrected chi connectivity index (χ0v) is 7.46. The molecule has 0 saturated carbocycles. The zero-order valence-electron chi connectivity index (χ0n) is 6.46. The van der Waals surface area contributed by atoms with Gasteiger partial charge in [-0.3, -0.25) is 0 Å². The summed E-state index contributed by atoms with van der Waals surface area (Å²) >= 11 is 0. The molecule has 0 radical (unpaired) electrons. The monoisotopic (exact) mass is 160 g/mol. The molecule has 0 amide bonds. The Morgan fingerprint density at radius 1 is 1.00 bits per heavy atom. The minimum Gasteiger partial charge on any atom is -0.376 e. The Balaban J connectivity index is 2.53. The Bertz CT molecular complexity index is 128. The fourth-order valence-electron chi connectivity index (χ4n) is 0.950. The average molecular weight is 160 g/mol. The predicted molar refractivity (Wildman–Crippen MR) is 39.7 cm³/mol. The van der Waals surface area contributed by atoms with Crippen LogP contribution < -0.4 is 0 Å². The Labute approximate surface area is 62.0 Å². The Morgan fingerprint density at radius 2 is 1.40 bits per heavy atom. The van der Waals surface area contributed by atoms with Gasteiger partial charge in [0.25, 0.3) is 0 Å². The quantitative estimate of drug-likeness (QED) is 0.450. The van der Waals surface area contributed by atoms with Crippen LogP contribution in [0.15, 0.2) is 12.2 Å². The van der Waals surface area contributed by atoms with Crippen LogP contribution in [0.5, 0.6) is 0 Å². The average Bonchev–Trinajstić information content (AvgIpc) is 2.77. The van der Waals surface area contributed by atoms with Gasteiger partial charge in [0.1, 0.15) is 0 Å². The fourth-order valence-corrected chi connectivity index (χ4v) is 2.85. The van der Waals surface area contributed by atoms with Crippen molar-refractivity contribution in [2.75, 3.05) is 21.3 Å². The van der Waals surface area contributed by atoms with E-state index < -0.39 is 8.80 Å². The standard InChI is InChI=1S/C6H12O3Si/c1-7-10(8-2,9-3)6-4-5-6/h4-6H,1-3H3. The molecule has 58 valence electrons. The van der Waals surface area contributed by atoms with Crippen LogP contribution in [0, 0.1) is 0 Å². The van der Waals surface area contributed by atoms with Gasteiger partial charge in [-0.2, -0.15) is 0 Å². The predicted octanol–water partition coefficient (Wildman–Crippen LogP) is 0.804. The third-order valence-electron chi connectivity index (χ3n) is 1.65. The van der Waals surface area contributed by atoms with Crippen LogP contribution in [0.25, 0.3) is 0 Å². The van der Waals surface area contributed by atoms with Gasteiger partial charge in [-0.1, -0.05) is 12.2 Å². The molecular formula is C6H12O3Si. The minimum absolute atomic E-state index is 0.312. The molecular weight excluding hydrogens is 148 g/mol. The van der Waals surface area contributed by atoms with E-state index in [0.717, 1.165) is 0 Å². The molecule has 0 heterocycles. The van der Waals surface area contributed by atoms with Gasteiger partial charge in [0.05, 0.1) is 5.54 Å². The molecule has 0 N–H and O–H groups in total. The molecule has 0 spiro atoms.